The first-order valence-corrected chi connectivity index (χ1v) is 12.4. The highest BCUT2D eigenvalue weighted by Gasteiger charge is 2.33. The van der Waals surface area contributed by atoms with Gasteiger partial charge in [-0.2, -0.15) is 8.42 Å². The van der Waals surface area contributed by atoms with E-state index in [4.69, 9.17) is 0 Å². The largest absolute Gasteiger partial charge is 0.330 e. The van der Waals surface area contributed by atoms with Gasteiger partial charge in [-0.3, -0.25) is 0 Å². The van der Waals surface area contributed by atoms with E-state index in [1.165, 1.54) is 4.90 Å². The van der Waals surface area contributed by atoms with E-state index in [2.05, 4.69) is 4.40 Å². The van der Waals surface area contributed by atoms with Crippen LogP contribution in [0.25, 0.3) is 0 Å². The van der Waals surface area contributed by atoms with Gasteiger partial charge in [0.25, 0.3) is 10.0 Å². The number of aryl methyl sites for hydroxylation is 2. The van der Waals surface area contributed by atoms with Gasteiger partial charge in [0.2, 0.25) is 0 Å². The number of amidine groups is 1. The molecule has 1 aliphatic heterocycles. The van der Waals surface area contributed by atoms with Crippen LogP contribution < -0.4 is 4.90 Å². The molecule has 33 heavy (non-hydrogen) atoms. The minimum atomic E-state index is -3.95. The SMILES string of the molecule is Cc1ccc(N2C(=O)N(CCc3ccccc3)CCC2=NS(=O)(=O)c2ccc(C)cc2)cc1. The Morgan fingerprint density at radius 2 is 1.45 bits per heavy atom. The molecule has 1 heterocycles. The second-order valence-corrected chi connectivity index (χ2v) is 9.83. The molecule has 7 heteroatoms. The fourth-order valence-electron chi connectivity index (χ4n) is 3.75. The number of carbonyl (C=O) groups excluding carboxylic acids is 1. The molecule has 0 spiro atoms. The molecule has 0 bridgehead atoms. The minimum absolute atomic E-state index is 0.114. The Labute approximate surface area is 195 Å². The number of amides is 2. The van der Waals surface area contributed by atoms with Gasteiger partial charge in [-0.1, -0.05) is 65.7 Å². The van der Waals surface area contributed by atoms with Crippen molar-refractivity contribution in [2.45, 2.75) is 31.6 Å². The summed E-state index contributed by atoms with van der Waals surface area (Å²) < 4.78 is 30.1. The Kier molecular flexibility index (Phi) is 6.60. The van der Waals surface area contributed by atoms with Crippen LogP contribution in [-0.4, -0.2) is 38.3 Å². The molecular weight excluding hydrogens is 434 g/mol. The van der Waals surface area contributed by atoms with Crippen LogP contribution in [-0.2, 0) is 16.4 Å². The van der Waals surface area contributed by atoms with Gasteiger partial charge in [0, 0.05) is 19.5 Å². The first-order valence-electron chi connectivity index (χ1n) is 10.9. The summed E-state index contributed by atoms with van der Waals surface area (Å²) in [7, 11) is -3.95. The molecule has 0 radical (unpaired) electrons. The van der Waals surface area contributed by atoms with Crippen molar-refractivity contribution in [3.8, 4) is 0 Å². The molecule has 4 rings (SSSR count). The molecule has 1 fully saturated rings. The van der Waals surface area contributed by atoms with E-state index < -0.39 is 10.0 Å². The van der Waals surface area contributed by atoms with E-state index in [0.717, 1.165) is 23.1 Å². The van der Waals surface area contributed by atoms with Crippen LogP contribution in [0.5, 0.6) is 0 Å². The number of carbonyl (C=O) groups is 1. The number of hydrogen-bond acceptors (Lipinski definition) is 3. The Morgan fingerprint density at radius 3 is 2.09 bits per heavy atom. The third-order valence-corrected chi connectivity index (χ3v) is 6.99. The van der Waals surface area contributed by atoms with Gasteiger partial charge in [-0.05, 0) is 50.1 Å². The molecule has 3 aromatic rings. The highest BCUT2D eigenvalue weighted by Crippen LogP contribution is 2.25. The average Bonchev–Trinajstić information content (AvgIpc) is 2.80. The number of urea groups is 1. The Hall–Kier alpha value is -3.45. The number of rotatable bonds is 6. The van der Waals surface area contributed by atoms with Gasteiger partial charge >= 0.3 is 6.03 Å². The van der Waals surface area contributed by atoms with Crippen LogP contribution in [0, 0.1) is 13.8 Å². The lowest BCUT2D eigenvalue weighted by Gasteiger charge is -2.36. The van der Waals surface area contributed by atoms with Crippen LogP contribution in [0.15, 0.2) is 88.2 Å². The van der Waals surface area contributed by atoms with E-state index in [1.54, 1.807) is 29.2 Å². The molecule has 0 aliphatic carbocycles. The number of anilines is 1. The highest BCUT2D eigenvalue weighted by molar-refractivity contribution is 7.90. The van der Waals surface area contributed by atoms with E-state index in [-0.39, 0.29) is 16.8 Å². The van der Waals surface area contributed by atoms with E-state index in [9.17, 15) is 13.2 Å². The van der Waals surface area contributed by atoms with Crippen molar-refractivity contribution >= 4 is 27.6 Å². The summed E-state index contributed by atoms with van der Waals surface area (Å²) in [5.41, 5.74) is 3.76. The number of benzene rings is 3. The van der Waals surface area contributed by atoms with Gasteiger partial charge in [0.05, 0.1) is 10.6 Å². The summed E-state index contributed by atoms with van der Waals surface area (Å²) in [6.07, 6.45) is 1.07. The van der Waals surface area contributed by atoms with Crippen LogP contribution in [0.2, 0.25) is 0 Å². The van der Waals surface area contributed by atoms with Crippen molar-refractivity contribution in [2.75, 3.05) is 18.0 Å². The maximum Gasteiger partial charge on any atom is 0.330 e. The second-order valence-electron chi connectivity index (χ2n) is 8.22. The molecule has 170 valence electrons. The Bertz CT molecular complexity index is 1250. The van der Waals surface area contributed by atoms with Gasteiger partial charge in [0.15, 0.2) is 0 Å². The molecular formula is C26H27N3O3S. The molecule has 0 aromatic heterocycles. The van der Waals surface area contributed by atoms with Crippen molar-refractivity contribution in [2.24, 2.45) is 4.40 Å². The van der Waals surface area contributed by atoms with Crippen molar-refractivity contribution < 1.29 is 13.2 Å². The molecule has 0 saturated carbocycles. The summed E-state index contributed by atoms with van der Waals surface area (Å²) in [5, 5.41) is 0. The van der Waals surface area contributed by atoms with E-state index in [0.29, 0.717) is 25.2 Å². The van der Waals surface area contributed by atoms with Crippen LogP contribution in [0.4, 0.5) is 10.5 Å². The first-order chi connectivity index (χ1) is 15.8. The smallest absolute Gasteiger partial charge is 0.323 e. The summed E-state index contributed by atoms with van der Waals surface area (Å²) in [6.45, 7) is 4.82. The van der Waals surface area contributed by atoms with Gasteiger partial charge < -0.3 is 4.90 Å². The molecule has 0 unspecified atom stereocenters. The molecule has 3 aromatic carbocycles. The fraction of sp³-hybridized carbons (Fsp3) is 0.231. The summed E-state index contributed by atoms with van der Waals surface area (Å²) in [6, 6.07) is 23.7. The lowest BCUT2D eigenvalue weighted by Crippen LogP contribution is -2.53. The maximum atomic E-state index is 13.5. The second kappa shape index (κ2) is 9.58. The predicted molar refractivity (Wildman–Crippen MR) is 131 cm³/mol. The normalized spacial score (nSPS) is 15.8. The predicted octanol–water partition coefficient (Wildman–Crippen LogP) is 4.97. The zero-order valence-corrected chi connectivity index (χ0v) is 19.6. The van der Waals surface area contributed by atoms with Crippen molar-refractivity contribution in [3.05, 3.63) is 95.6 Å². The number of sulfonamides is 1. The fourth-order valence-corrected chi connectivity index (χ4v) is 4.79. The van der Waals surface area contributed by atoms with Crippen LogP contribution in [0.1, 0.15) is 23.1 Å². The van der Waals surface area contributed by atoms with E-state index >= 15 is 0 Å². The first kappa shape index (κ1) is 22.7. The van der Waals surface area contributed by atoms with Crippen molar-refractivity contribution in [1.29, 1.82) is 0 Å². The summed E-state index contributed by atoms with van der Waals surface area (Å²) in [5.74, 6) is 0.236. The standard InChI is InChI=1S/C26H27N3O3S/c1-20-8-12-23(13-9-20)29-25(27-33(31,32)24-14-10-21(2)11-15-24)17-19-28(26(29)30)18-16-22-6-4-3-5-7-22/h3-15H,16-19H2,1-2H3. The minimum Gasteiger partial charge on any atom is -0.323 e. The van der Waals surface area contributed by atoms with Crippen molar-refractivity contribution in [1.82, 2.24) is 4.90 Å². The molecule has 1 saturated heterocycles. The lowest BCUT2D eigenvalue weighted by atomic mass is 10.1. The number of nitrogens with zero attached hydrogens (tertiary/aromatic N) is 3. The van der Waals surface area contributed by atoms with Crippen LogP contribution >= 0.6 is 0 Å². The molecule has 0 N–H and O–H groups in total. The third kappa shape index (κ3) is 5.31. The summed E-state index contributed by atoms with van der Waals surface area (Å²) >= 11 is 0. The molecule has 0 atom stereocenters. The lowest BCUT2D eigenvalue weighted by molar-refractivity contribution is 0.206. The molecule has 1 aliphatic rings. The topological polar surface area (TPSA) is 70.1 Å². The quantitative estimate of drug-likeness (QED) is 0.521. The van der Waals surface area contributed by atoms with Crippen LogP contribution in [0.3, 0.4) is 0 Å². The average molecular weight is 462 g/mol. The highest BCUT2D eigenvalue weighted by atomic mass is 32.2. The van der Waals surface area contributed by atoms with Gasteiger partial charge in [-0.25, -0.2) is 9.69 Å². The van der Waals surface area contributed by atoms with Gasteiger partial charge in [-0.15, -0.1) is 4.40 Å². The summed E-state index contributed by atoms with van der Waals surface area (Å²) in [4.78, 5) is 16.8. The van der Waals surface area contributed by atoms with Crippen molar-refractivity contribution in [3.63, 3.8) is 0 Å². The zero-order valence-electron chi connectivity index (χ0n) is 18.8. The number of hydrogen-bond donors (Lipinski definition) is 0. The van der Waals surface area contributed by atoms with E-state index in [1.807, 2.05) is 68.4 Å². The monoisotopic (exact) mass is 461 g/mol. The Balaban J connectivity index is 1.65. The molecule has 2 amide bonds. The molecule has 6 nitrogen and oxygen atoms in total. The third-order valence-electron chi connectivity index (χ3n) is 5.68. The Morgan fingerprint density at radius 1 is 0.848 bits per heavy atom. The maximum absolute atomic E-state index is 13.5. The van der Waals surface area contributed by atoms with Gasteiger partial charge in [0.1, 0.15) is 5.84 Å². The zero-order chi connectivity index (χ0) is 23.4.